The first-order valence-electron chi connectivity index (χ1n) is 13.7. The lowest BCUT2D eigenvalue weighted by molar-refractivity contribution is -0.245. The predicted octanol–water partition coefficient (Wildman–Crippen LogP) is 4.96. The van der Waals surface area contributed by atoms with Gasteiger partial charge in [-0.05, 0) is 42.2 Å². The maximum absolute atomic E-state index is 12.9. The predicted molar refractivity (Wildman–Crippen MR) is 159 cm³/mol. The number of anilines is 1. The Morgan fingerprint density at radius 3 is 2.55 bits per heavy atom. The van der Waals surface area contributed by atoms with Gasteiger partial charge < -0.3 is 25.2 Å². The van der Waals surface area contributed by atoms with Gasteiger partial charge in [-0.15, -0.1) is 0 Å². The van der Waals surface area contributed by atoms with Crippen LogP contribution in [-0.2, 0) is 27.3 Å². The summed E-state index contributed by atoms with van der Waals surface area (Å²) < 4.78 is 12.8. The summed E-state index contributed by atoms with van der Waals surface area (Å²) in [5.41, 5.74) is 4.06. The SMILES string of the molecule is CC(=O)C(Cc1ccccc1)NC(=O)Nc1cccc(C2OC(CSc3ncn[nH]3)CC(c3ccc(CO)cc3)O2)c1. The number of carbonyl (C=O) groups excluding carboxylic acids is 2. The van der Waals surface area contributed by atoms with Crippen LogP contribution in [0.15, 0.2) is 90.3 Å². The van der Waals surface area contributed by atoms with Gasteiger partial charge in [0.25, 0.3) is 0 Å². The fraction of sp³-hybridized carbons (Fsp3) is 0.290. The van der Waals surface area contributed by atoms with Gasteiger partial charge >= 0.3 is 6.03 Å². The van der Waals surface area contributed by atoms with E-state index in [1.807, 2.05) is 72.8 Å². The Morgan fingerprint density at radius 1 is 1.02 bits per heavy atom. The van der Waals surface area contributed by atoms with Crippen LogP contribution in [0.25, 0.3) is 0 Å². The zero-order valence-corrected chi connectivity index (χ0v) is 23.9. The topological polar surface area (TPSA) is 138 Å². The van der Waals surface area contributed by atoms with Gasteiger partial charge in [0.1, 0.15) is 6.33 Å². The summed E-state index contributed by atoms with van der Waals surface area (Å²) in [5.74, 6) is 0.508. The number of aromatic nitrogens is 3. The van der Waals surface area contributed by atoms with E-state index in [4.69, 9.17) is 9.47 Å². The van der Waals surface area contributed by atoms with Crippen LogP contribution in [0, 0.1) is 0 Å². The van der Waals surface area contributed by atoms with Gasteiger partial charge in [0.15, 0.2) is 17.2 Å². The number of urea groups is 1. The number of hydrogen-bond donors (Lipinski definition) is 4. The summed E-state index contributed by atoms with van der Waals surface area (Å²) in [4.78, 5) is 29.3. The zero-order chi connectivity index (χ0) is 29.3. The molecule has 4 unspecified atom stereocenters. The Balaban J connectivity index is 1.28. The molecule has 4 aromatic rings. The number of amides is 2. The highest BCUT2D eigenvalue weighted by Crippen LogP contribution is 2.39. The minimum atomic E-state index is -0.686. The standard InChI is InChI=1S/C31H33N5O5S/c1-20(38)27(14-21-6-3-2-4-7-21)35-30(39)34-25-9-5-8-24(15-25)29-40-26(18-42-31-32-19-33-36-31)16-28(41-29)23-12-10-22(17-37)11-13-23/h2-13,15,19,26-29,37H,14,16-18H2,1H3,(H,32,33,36)(H2,34,35,39). The van der Waals surface area contributed by atoms with Gasteiger partial charge in [-0.3, -0.25) is 9.89 Å². The van der Waals surface area contributed by atoms with Gasteiger partial charge in [-0.1, -0.05) is 78.5 Å². The van der Waals surface area contributed by atoms with E-state index in [1.54, 1.807) is 6.07 Å². The Bertz CT molecular complexity index is 1450. The van der Waals surface area contributed by atoms with Crippen molar-refractivity contribution < 1.29 is 24.2 Å². The van der Waals surface area contributed by atoms with E-state index in [-0.39, 0.29) is 24.6 Å². The van der Waals surface area contributed by atoms with Gasteiger partial charge in [0.05, 0.1) is 24.9 Å². The van der Waals surface area contributed by atoms with Crippen molar-refractivity contribution in [3.63, 3.8) is 0 Å². The molecule has 0 bridgehead atoms. The molecule has 1 aromatic heterocycles. The molecule has 1 aliphatic rings. The number of ketones is 1. The zero-order valence-electron chi connectivity index (χ0n) is 23.1. The molecule has 1 aliphatic heterocycles. The number of rotatable bonds is 11. The van der Waals surface area contributed by atoms with Crippen molar-refractivity contribution in [2.45, 2.75) is 56.1 Å². The van der Waals surface area contributed by atoms with Crippen molar-refractivity contribution in [2.75, 3.05) is 11.1 Å². The Morgan fingerprint density at radius 2 is 1.83 bits per heavy atom. The largest absolute Gasteiger partial charge is 0.392 e. The van der Waals surface area contributed by atoms with Crippen LogP contribution in [0.2, 0.25) is 0 Å². The lowest BCUT2D eigenvalue weighted by Crippen LogP contribution is -2.43. The molecule has 4 atom stereocenters. The molecule has 0 saturated carbocycles. The third kappa shape index (κ3) is 8.04. The van der Waals surface area contributed by atoms with Crippen LogP contribution in [0.4, 0.5) is 10.5 Å². The maximum Gasteiger partial charge on any atom is 0.319 e. The number of nitrogens with zero attached hydrogens (tertiary/aromatic N) is 2. The summed E-state index contributed by atoms with van der Waals surface area (Å²) in [7, 11) is 0. The number of ether oxygens (including phenoxy) is 2. The lowest BCUT2D eigenvalue weighted by atomic mass is 10.0. The molecule has 2 heterocycles. The Hall–Kier alpha value is -4.03. The minimum Gasteiger partial charge on any atom is -0.392 e. The number of carbonyl (C=O) groups is 2. The van der Waals surface area contributed by atoms with Crippen molar-refractivity contribution in [3.8, 4) is 0 Å². The van der Waals surface area contributed by atoms with Crippen LogP contribution in [0.5, 0.6) is 0 Å². The summed E-state index contributed by atoms with van der Waals surface area (Å²) in [5, 5.41) is 22.5. The van der Waals surface area contributed by atoms with E-state index >= 15 is 0 Å². The fourth-order valence-electron chi connectivity index (χ4n) is 4.69. The quantitative estimate of drug-likeness (QED) is 0.181. The second kappa shape index (κ2) is 14.2. The number of thioether (sulfide) groups is 1. The van der Waals surface area contributed by atoms with Crippen LogP contribution in [0.3, 0.4) is 0 Å². The summed E-state index contributed by atoms with van der Waals surface area (Å²) in [6.45, 7) is 1.44. The van der Waals surface area contributed by atoms with Crippen molar-refractivity contribution in [1.29, 1.82) is 0 Å². The van der Waals surface area contributed by atoms with Gasteiger partial charge in [-0.2, -0.15) is 5.10 Å². The molecular formula is C31H33N5O5S. The Kier molecular flexibility index (Phi) is 9.98. The molecule has 5 rings (SSSR count). The smallest absolute Gasteiger partial charge is 0.319 e. The van der Waals surface area contributed by atoms with Crippen molar-refractivity contribution in [1.82, 2.24) is 20.5 Å². The highest BCUT2D eigenvalue weighted by atomic mass is 32.2. The van der Waals surface area contributed by atoms with Crippen LogP contribution in [-0.4, -0.2) is 50.0 Å². The highest BCUT2D eigenvalue weighted by molar-refractivity contribution is 7.99. The summed E-state index contributed by atoms with van der Waals surface area (Å²) in [6.07, 6.45) is 1.42. The number of Topliss-reactive ketones (excluding diaryl/α,β-unsaturated/α-hetero) is 1. The van der Waals surface area contributed by atoms with E-state index in [0.717, 1.165) is 22.3 Å². The molecule has 10 nitrogen and oxygen atoms in total. The third-order valence-corrected chi connectivity index (χ3v) is 7.92. The maximum atomic E-state index is 12.9. The van der Waals surface area contributed by atoms with E-state index in [9.17, 15) is 14.7 Å². The van der Waals surface area contributed by atoms with Gasteiger partial charge in [0, 0.05) is 23.4 Å². The normalized spacial score (nSPS) is 19.1. The first-order chi connectivity index (χ1) is 20.5. The number of aliphatic hydroxyl groups is 1. The number of H-pyrrole nitrogens is 1. The highest BCUT2D eigenvalue weighted by Gasteiger charge is 2.32. The second-order valence-corrected chi connectivity index (χ2v) is 11.0. The monoisotopic (exact) mass is 587 g/mol. The molecule has 1 saturated heterocycles. The molecule has 0 aliphatic carbocycles. The number of nitrogens with one attached hydrogen (secondary N) is 3. The van der Waals surface area contributed by atoms with Gasteiger partial charge in [-0.25, -0.2) is 9.78 Å². The molecule has 218 valence electrons. The average Bonchev–Trinajstić information content (AvgIpc) is 3.54. The summed E-state index contributed by atoms with van der Waals surface area (Å²) in [6, 6.07) is 23.4. The first-order valence-corrected chi connectivity index (χ1v) is 14.7. The van der Waals surface area contributed by atoms with Crippen molar-refractivity contribution in [2.24, 2.45) is 0 Å². The molecule has 1 fully saturated rings. The Labute approximate surface area is 248 Å². The van der Waals surface area contributed by atoms with E-state index in [1.165, 1.54) is 25.0 Å². The average molecular weight is 588 g/mol. The molecule has 42 heavy (non-hydrogen) atoms. The molecule has 0 spiro atoms. The van der Waals surface area contributed by atoms with Crippen LogP contribution >= 0.6 is 11.8 Å². The molecule has 0 radical (unpaired) electrons. The number of aromatic amines is 1. The van der Waals surface area contributed by atoms with Crippen LogP contribution in [0.1, 0.15) is 48.0 Å². The molecule has 2 amide bonds. The molecular weight excluding hydrogens is 554 g/mol. The van der Waals surface area contributed by atoms with Crippen molar-refractivity contribution >= 4 is 29.3 Å². The molecule has 4 N–H and O–H groups in total. The first kappa shape index (κ1) is 29.5. The van der Waals surface area contributed by atoms with Gasteiger partial charge in [0.2, 0.25) is 0 Å². The third-order valence-electron chi connectivity index (χ3n) is 6.91. The van der Waals surface area contributed by atoms with Crippen molar-refractivity contribution in [3.05, 3.63) is 107 Å². The molecule has 3 aromatic carbocycles. The minimum absolute atomic E-state index is 0.0270. The van der Waals surface area contributed by atoms with Crippen LogP contribution < -0.4 is 10.6 Å². The number of aliphatic hydroxyl groups excluding tert-OH is 1. The summed E-state index contributed by atoms with van der Waals surface area (Å²) >= 11 is 1.52. The number of benzene rings is 3. The lowest BCUT2D eigenvalue weighted by Gasteiger charge is -2.36. The molecule has 11 heteroatoms. The van der Waals surface area contributed by atoms with E-state index in [0.29, 0.717) is 29.4 Å². The van der Waals surface area contributed by atoms with E-state index < -0.39 is 18.4 Å². The fourth-order valence-corrected chi connectivity index (χ4v) is 5.49. The second-order valence-electron chi connectivity index (χ2n) is 10.0. The number of hydrogen-bond acceptors (Lipinski definition) is 8. The van der Waals surface area contributed by atoms with E-state index in [2.05, 4.69) is 25.8 Å².